The highest BCUT2D eigenvalue weighted by Gasteiger charge is 2.35. The fourth-order valence-electron chi connectivity index (χ4n) is 3.42. The zero-order chi connectivity index (χ0) is 16.7. The van der Waals surface area contributed by atoms with Gasteiger partial charge in [0.25, 0.3) is 0 Å². The number of hydrogen-bond donors (Lipinski definition) is 0. The van der Waals surface area contributed by atoms with Crippen molar-refractivity contribution in [2.24, 2.45) is 0 Å². The predicted molar refractivity (Wildman–Crippen MR) is 96.1 cm³/mol. The molecule has 24 heavy (non-hydrogen) atoms. The van der Waals surface area contributed by atoms with E-state index in [1.54, 1.807) is 23.2 Å². The highest BCUT2D eigenvalue weighted by Crippen LogP contribution is 2.38. The maximum Gasteiger partial charge on any atom is 0.363 e. The Labute approximate surface area is 150 Å². The Hall–Kier alpha value is -1.75. The second-order valence-corrected chi connectivity index (χ2v) is 6.99. The van der Waals surface area contributed by atoms with Gasteiger partial charge in [-0.15, -0.1) is 0 Å². The van der Waals surface area contributed by atoms with Crippen molar-refractivity contribution in [2.75, 3.05) is 18.1 Å². The van der Waals surface area contributed by atoms with Crippen molar-refractivity contribution in [1.29, 1.82) is 0 Å². The molecule has 2 heterocycles. The zero-order valence-electron chi connectivity index (χ0n) is 13.0. The largest absolute Gasteiger partial charge is 0.363 e. The highest BCUT2D eigenvalue weighted by atomic mass is 35.5. The van der Waals surface area contributed by atoms with E-state index in [4.69, 9.17) is 23.2 Å². The van der Waals surface area contributed by atoms with Crippen molar-refractivity contribution in [3.05, 3.63) is 58.1 Å². The van der Waals surface area contributed by atoms with Gasteiger partial charge in [-0.1, -0.05) is 35.3 Å². The number of fused-ring (bicyclic) bond motifs is 1. The van der Waals surface area contributed by atoms with Crippen molar-refractivity contribution < 1.29 is 4.79 Å². The monoisotopic (exact) mass is 360 g/mol. The van der Waals surface area contributed by atoms with E-state index in [2.05, 4.69) is 22.5 Å². The van der Waals surface area contributed by atoms with Crippen LogP contribution in [0, 0.1) is 0 Å². The van der Waals surface area contributed by atoms with Crippen molar-refractivity contribution in [3.8, 4) is 0 Å². The van der Waals surface area contributed by atoms with Crippen molar-refractivity contribution in [2.45, 2.75) is 18.8 Å². The summed E-state index contributed by atoms with van der Waals surface area (Å²) in [6.07, 6.45) is 1.97. The molecule has 2 aliphatic rings. The standard InChI is InChI=1S/C18H16Cl2N3O/c19-14-3-1-12(2-4-14)13-7-9-22(10-8-13)23-17-11-15(20)5-6-16(17)21-18(23)24/h1-6,11,13H,7-10H2. The molecule has 4 rings (SSSR count). The number of rotatable bonds is 2. The molecule has 4 nitrogen and oxygen atoms in total. The number of urea groups is 1. The second-order valence-electron chi connectivity index (χ2n) is 6.12. The van der Waals surface area contributed by atoms with Gasteiger partial charge in [0, 0.05) is 23.1 Å². The Bertz CT molecular complexity index is 770. The molecule has 0 atom stereocenters. The van der Waals surface area contributed by atoms with E-state index in [9.17, 15) is 4.79 Å². The first-order valence-electron chi connectivity index (χ1n) is 7.97. The number of piperidine rings is 1. The third-order valence-electron chi connectivity index (χ3n) is 4.66. The van der Waals surface area contributed by atoms with Gasteiger partial charge in [0.05, 0.1) is 11.4 Å². The molecule has 123 valence electrons. The minimum Gasteiger partial charge on any atom is -0.244 e. The summed E-state index contributed by atoms with van der Waals surface area (Å²) < 4.78 is 0. The molecule has 0 N–H and O–H groups in total. The van der Waals surface area contributed by atoms with Gasteiger partial charge in [-0.25, -0.2) is 14.8 Å². The van der Waals surface area contributed by atoms with Gasteiger partial charge in [0.2, 0.25) is 0 Å². The van der Waals surface area contributed by atoms with E-state index < -0.39 is 0 Å². The first kappa shape index (κ1) is 15.8. The maximum absolute atomic E-state index is 12.3. The quantitative estimate of drug-likeness (QED) is 0.758. The molecule has 0 aliphatic carbocycles. The summed E-state index contributed by atoms with van der Waals surface area (Å²) in [6.45, 7) is 1.61. The molecule has 2 amide bonds. The Morgan fingerprint density at radius 1 is 0.958 bits per heavy atom. The summed E-state index contributed by atoms with van der Waals surface area (Å²) in [5.41, 5.74) is 2.77. The molecule has 6 heteroatoms. The third kappa shape index (κ3) is 2.86. The first-order chi connectivity index (χ1) is 11.6. The fraction of sp³-hybridized carbons (Fsp3) is 0.278. The van der Waals surface area contributed by atoms with Gasteiger partial charge in [-0.05, 0) is 54.7 Å². The zero-order valence-corrected chi connectivity index (χ0v) is 14.5. The number of hydrazine groups is 1. The van der Waals surface area contributed by atoms with Gasteiger partial charge >= 0.3 is 6.03 Å². The first-order valence-corrected chi connectivity index (χ1v) is 8.73. The molecule has 0 unspecified atom stereocenters. The van der Waals surface area contributed by atoms with Gasteiger partial charge < -0.3 is 0 Å². The van der Waals surface area contributed by atoms with Crippen LogP contribution in [0.1, 0.15) is 24.3 Å². The van der Waals surface area contributed by atoms with E-state index in [0.717, 1.165) is 36.6 Å². The highest BCUT2D eigenvalue weighted by molar-refractivity contribution is 6.31. The lowest BCUT2D eigenvalue weighted by atomic mass is 9.90. The molecule has 1 radical (unpaired) electrons. The summed E-state index contributed by atoms with van der Waals surface area (Å²) in [4.78, 5) is 12.3. The number of carbonyl (C=O) groups excluding carboxylic acids is 1. The third-order valence-corrected chi connectivity index (χ3v) is 5.15. The average molecular weight is 361 g/mol. The fourth-order valence-corrected chi connectivity index (χ4v) is 3.71. The van der Waals surface area contributed by atoms with Crippen LogP contribution in [0.15, 0.2) is 42.5 Å². The molecule has 1 fully saturated rings. The van der Waals surface area contributed by atoms with Crippen LogP contribution in [0.2, 0.25) is 10.0 Å². The van der Waals surface area contributed by atoms with E-state index in [1.165, 1.54) is 5.56 Å². The summed E-state index contributed by atoms with van der Waals surface area (Å²) >= 11 is 12.0. The normalized spacial score (nSPS) is 18.6. The summed E-state index contributed by atoms with van der Waals surface area (Å²) in [6, 6.07) is 13.2. The van der Waals surface area contributed by atoms with Crippen LogP contribution in [-0.2, 0) is 0 Å². The lowest BCUT2D eigenvalue weighted by Crippen LogP contribution is -2.49. The van der Waals surface area contributed by atoms with Crippen LogP contribution in [-0.4, -0.2) is 24.1 Å². The molecule has 1 saturated heterocycles. The number of halogens is 2. The predicted octanol–water partition coefficient (Wildman–Crippen LogP) is 4.96. The second kappa shape index (κ2) is 6.28. The summed E-state index contributed by atoms with van der Waals surface area (Å²) in [5, 5.41) is 9.21. The molecule has 0 bridgehead atoms. The Morgan fingerprint density at radius 2 is 1.62 bits per heavy atom. The number of amides is 2. The molecule has 2 aliphatic heterocycles. The Kier molecular flexibility index (Phi) is 4.12. The Balaban J connectivity index is 1.49. The van der Waals surface area contributed by atoms with E-state index in [-0.39, 0.29) is 6.03 Å². The molecule has 2 aromatic carbocycles. The lowest BCUT2D eigenvalue weighted by Gasteiger charge is -2.37. The van der Waals surface area contributed by atoms with E-state index >= 15 is 0 Å². The van der Waals surface area contributed by atoms with Crippen LogP contribution >= 0.6 is 23.2 Å². The Morgan fingerprint density at radius 3 is 2.33 bits per heavy atom. The minimum atomic E-state index is -0.239. The average Bonchev–Trinajstić information content (AvgIpc) is 2.91. The summed E-state index contributed by atoms with van der Waals surface area (Å²) in [5.74, 6) is 0.493. The number of nitrogens with zero attached hydrogens (tertiary/aromatic N) is 3. The van der Waals surface area contributed by atoms with Gasteiger partial charge in [0.15, 0.2) is 0 Å². The number of benzene rings is 2. The molecule has 2 aromatic rings. The number of carbonyl (C=O) groups is 1. The van der Waals surface area contributed by atoms with Crippen LogP contribution < -0.4 is 10.3 Å². The summed E-state index contributed by atoms with van der Waals surface area (Å²) in [7, 11) is 0. The topological polar surface area (TPSA) is 37.7 Å². The van der Waals surface area contributed by atoms with Gasteiger partial charge in [-0.3, -0.25) is 0 Å². The van der Waals surface area contributed by atoms with Gasteiger partial charge in [0.1, 0.15) is 0 Å². The minimum absolute atomic E-state index is 0.239. The smallest absolute Gasteiger partial charge is 0.244 e. The van der Waals surface area contributed by atoms with E-state index in [0.29, 0.717) is 16.6 Å². The number of hydrogen-bond acceptors (Lipinski definition) is 2. The molecular weight excluding hydrogens is 345 g/mol. The SMILES string of the molecule is O=C1[N]c2ccc(Cl)cc2N1N1CCC(c2ccc(Cl)cc2)CC1. The molecule has 0 spiro atoms. The molecule has 0 saturated carbocycles. The number of anilines is 1. The van der Waals surface area contributed by atoms with Crippen LogP contribution in [0.5, 0.6) is 0 Å². The van der Waals surface area contributed by atoms with Crippen molar-refractivity contribution >= 4 is 40.6 Å². The van der Waals surface area contributed by atoms with Crippen molar-refractivity contribution in [3.63, 3.8) is 0 Å². The molecule has 0 aromatic heterocycles. The van der Waals surface area contributed by atoms with Crippen LogP contribution in [0.4, 0.5) is 16.2 Å². The molecular formula is C18H16Cl2N3O. The van der Waals surface area contributed by atoms with Crippen molar-refractivity contribution in [1.82, 2.24) is 10.3 Å². The maximum atomic E-state index is 12.3. The van der Waals surface area contributed by atoms with Gasteiger partial charge in [-0.2, -0.15) is 5.32 Å². The van der Waals surface area contributed by atoms with Crippen LogP contribution in [0.25, 0.3) is 0 Å². The lowest BCUT2D eigenvalue weighted by molar-refractivity contribution is 0.188. The van der Waals surface area contributed by atoms with E-state index in [1.807, 2.05) is 12.1 Å². The van der Waals surface area contributed by atoms with Crippen LogP contribution in [0.3, 0.4) is 0 Å².